The third kappa shape index (κ3) is 5.86. The van der Waals surface area contributed by atoms with Crippen LogP contribution in [0.25, 0.3) is 0 Å². The van der Waals surface area contributed by atoms with Gasteiger partial charge in [-0.3, -0.25) is 0 Å². The summed E-state index contributed by atoms with van der Waals surface area (Å²) in [6.07, 6.45) is -11.1. The van der Waals surface area contributed by atoms with Gasteiger partial charge in [0.05, 0.1) is 36.5 Å². The predicted molar refractivity (Wildman–Crippen MR) is 116 cm³/mol. The molecule has 1 fully saturated rings. The first kappa shape index (κ1) is 26.1. The van der Waals surface area contributed by atoms with Crippen molar-refractivity contribution in [2.24, 2.45) is 13.0 Å². The van der Waals surface area contributed by atoms with Gasteiger partial charge in [-0.1, -0.05) is 30.3 Å². The Morgan fingerprint density at radius 3 is 2.19 bits per heavy atom. The smallest absolute Gasteiger partial charge is 0.378 e. The molecule has 0 saturated carbocycles. The molecule has 4 rings (SSSR count). The fourth-order valence-electron chi connectivity index (χ4n) is 4.53. The number of aryl methyl sites for hydroxylation is 1. The summed E-state index contributed by atoms with van der Waals surface area (Å²) in [6.45, 7) is 1.93. The zero-order valence-electron chi connectivity index (χ0n) is 19.4. The van der Waals surface area contributed by atoms with Crippen molar-refractivity contribution < 1.29 is 35.8 Å². The molecule has 36 heavy (non-hydrogen) atoms. The van der Waals surface area contributed by atoms with Gasteiger partial charge in [-0.2, -0.15) is 26.3 Å². The highest BCUT2D eigenvalue weighted by atomic mass is 19.4. The molecule has 12 heteroatoms. The lowest BCUT2D eigenvalue weighted by Gasteiger charge is -2.39. The summed E-state index contributed by atoms with van der Waals surface area (Å²) in [7, 11) is 1.71. The first-order chi connectivity index (χ1) is 16.9. The fraction of sp³-hybridized carbons (Fsp3) is 0.458. The largest absolute Gasteiger partial charge is 0.416 e. The Morgan fingerprint density at radius 2 is 1.64 bits per heavy atom. The molecule has 0 radical (unpaired) electrons. The minimum absolute atomic E-state index is 0.109. The van der Waals surface area contributed by atoms with Crippen molar-refractivity contribution in [1.82, 2.24) is 20.2 Å². The molecule has 0 spiro atoms. The topological polar surface area (TPSA) is 62.1 Å². The van der Waals surface area contributed by atoms with Gasteiger partial charge in [-0.05, 0) is 52.6 Å². The molecule has 4 atom stereocenters. The van der Waals surface area contributed by atoms with Crippen LogP contribution in [0, 0.1) is 5.92 Å². The fourth-order valence-corrected chi connectivity index (χ4v) is 4.53. The van der Waals surface area contributed by atoms with E-state index < -0.39 is 35.7 Å². The van der Waals surface area contributed by atoms with E-state index in [1.807, 2.05) is 30.3 Å². The summed E-state index contributed by atoms with van der Waals surface area (Å²) in [5.41, 5.74) is -2.06. The number of rotatable bonds is 6. The van der Waals surface area contributed by atoms with E-state index in [1.165, 1.54) is 11.6 Å². The number of nitrogens with zero attached hydrogens (tertiary/aromatic N) is 4. The van der Waals surface area contributed by atoms with Gasteiger partial charge in [-0.25, -0.2) is 4.68 Å². The minimum Gasteiger partial charge on any atom is -0.378 e. The van der Waals surface area contributed by atoms with E-state index in [-0.39, 0.29) is 30.1 Å². The van der Waals surface area contributed by atoms with Crippen molar-refractivity contribution in [2.45, 2.75) is 43.8 Å². The van der Waals surface area contributed by atoms with Crippen LogP contribution in [0.5, 0.6) is 0 Å². The Balaban J connectivity index is 1.65. The van der Waals surface area contributed by atoms with Crippen LogP contribution >= 0.6 is 0 Å². The Kier molecular flexibility index (Phi) is 7.37. The number of tetrazole rings is 1. The van der Waals surface area contributed by atoms with E-state index in [0.717, 1.165) is 5.56 Å². The molecule has 194 valence electrons. The number of halogens is 6. The first-order valence-corrected chi connectivity index (χ1v) is 11.2. The van der Waals surface area contributed by atoms with Gasteiger partial charge in [0.15, 0.2) is 5.82 Å². The van der Waals surface area contributed by atoms with Crippen molar-refractivity contribution in [1.29, 1.82) is 0 Å². The van der Waals surface area contributed by atoms with Crippen molar-refractivity contribution in [3.63, 3.8) is 0 Å². The molecular formula is C24H24F6N4O2. The lowest BCUT2D eigenvalue weighted by molar-refractivity contribution is -0.143. The van der Waals surface area contributed by atoms with Crippen LogP contribution in [0.3, 0.4) is 0 Å². The molecule has 3 aromatic rings. The van der Waals surface area contributed by atoms with Crippen LogP contribution in [-0.2, 0) is 35.3 Å². The average Bonchev–Trinajstić information content (AvgIpc) is 3.22. The van der Waals surface area contributed by atoms with E-state index in [1.54, 1.807) is 7.05 Å². The highest BCUT2D eigenvalue weighted by Gasteiger charge is 2.40. The highest BCUT2D eigenvalue weighted by molar-refractivity contribution is 5.35. The van der Waals surface area contributed by atoms with Crippen LogP contribution in [0.1, 0.15) is 47.0 Å². The predicted octanol–water partition coefficient (Wildman–Crippen LogP) is 5.37. The number of ether oxygens (including phenoxy) is 2. The quantitative estimate of drug-likeness (QED) is 0.414. The number of benzene rings is 2. The summed E-state index contributed by atoms with van der Waals surface area (Å²) < 4.78 is 93.6. The summed E-state index contributed by atoms with van der Waals surface area (Å²) in [4.78, 5) is 0. The summed E-state index contributed by atoms with van der Waals surface area (Å²) in [6, 6.07) is 10.9. The highest BCUT2D eigenvalue weighted by Crippen LogP contribution is 2.41. The molecule has 0 N–H and O–H groups in total. The lowest BCUT2D eigenvalue weighted by Crippen LogP contribution is -2.41. The molecule has 6 nitrogen and oxygen atoms in total. The number of alkyl halides is 6. The van der Waals surface area contributed by atoms with Gasteiger partial charge in [0.25, 0.3) is 0 Å². The zero-order valence-corrected chi connectivity index (χ0v) is 19.4. The van der Waals surface area contributed by atoms with Crippen LogP contribution in [-0.4, -0.2) is 39.5 Å². The molecule has 1 aliphatic heterocycles. The Morgan fingerprint density at radius 1 is 1.00 bits per heavy atom. The van der Waals surface area contributed by atoms with Gasteiger partial charge >= 0.3 is 12.4 Å². The molecule has 1 saturated heterocycles. The summed E-state index contributed by atoms with van der Waals surface area (Å²) in [5, 5.41) is 11.5. The summed E-state index contributed by atoms with van der Waals surface area (Å²) >= 11 is 0. The van der Waals surface area contributed by atoms with E-state index in [4.69, 9.17) is 9.47 Å². The molecule has 0 amide bonds. The van der Waals surface area contributed by atoms with Crippen LogP contribution in [0.2, 0.25) is 0 Å². The van der Waals surface area contributed by atoms with Crippen LogP contribution in [0.4, 0.5) is 26.3 Å². The van der Waals surface area contributed by atoms with Gasteiger partial charge in [-0.15, -0.1) is 5.10 Å². The molecule has 1 aliphatic rings. The first-order valence-electron chi connectivity index (χ1n) is 11.2. The third-order valence-corrected chi connectivity index (χ3v) is 6.32. The number of hydrogen-bond acceptors (Lipinski definition) is 5. The van der Waals surface area contributed by atoms with Gasteiger partial charge < -0.3 is 9.47 Å². The number of hydrogen-bond donors (Lipinski definition) is 0. The van der Waals surface area contributed by atoms with E-state index in [0.29, 0.717) is 31.0 Å². The molecule has 0 bridgehead atoms. The average molecular weight is 514 g/mol. The van der Waals surface area contributed by atoms with Gasteiger partial charge in [0, 0.05) is 19.4 Å². The Hall–Kier alpha value is -2.99. The molecule has 0 unspecified atom stereocenters. The van der Waals surface area contributed by atoms with Crippen molar-refractivity contribution in [3.8, 4) is 0 Å². The minimum atomic E-state index is -4.94. The molecule has 2 aromatic carbocycles. The standard InChI is InChI=1S/C24H24F6N4O2/c1-14(16-8-18(23(25,26)27)11-19(9-16)24(28,29)30)36-20-13-35-12-17(10-21-31-32-33-34(21)2)22(20)15-6-4-3-5-7-15/h3-9,11,14,17,20,22H,10,12-13H2,1-2H3/t14-,17-,20+,22+/m1/s1. The summed E-state index contributed by atoms with van der Waals surface area (Å²) in [5.74, 6) is 0.216. The second-order valence-electron chi connectivity index (χ2n) is 8.81. The lowest BCUT2D eigenvalue weighted by atomic mass is 9.79. The SMILES string of the molecule is C[C@@H](O[C@H]1COC[C@@H](Cc2nnnn2C)[C@@H]1c1ccccc1)c1cc(C(F)(F)F)cc(C(F)(F)F)c1. The maximum absolute atomic E-state index is 13.4. The monoisotopic (exact) mass is 514 g/mol. The third-order valence-electron chi connectivity index (χ3n) is 6.32. The number of aromatic nitrogens is 4. The van der Waals surface area contributed by atoms with E-state index in [9.17, 15) is 26.3 Å². The van der Waals surface area contributed by atoms with Crippen molar-refractivity contribution in [3.05, 3.63) is 76.6 Å². The normalized spacial score (nSPS) is 21.9. The van der Waals surface area contributed by atoms with E-state index in [2.05, 4.69) is 15.5 Å². The van der Waals surface area contributed by atoms with Gasteiger partial charge in [0.2, 0.25) is 0 Å². The maximum atomic E-state index is 13.4. The van der Waals surface area contributed by atoms with Gasteiger partial charge in [0.1, 0.15) is 0 Å². The second kappa shape index (κ2) is 10.2. The molecule has 2 heterocycles. The van der Waals surface area contributed by atoms with Crippen molar-refractivity contribution >= 4 is 0 Å². The molecular weight excluding hydrogens is 490 g/mol. The van der Waals surface area contributed by atoms with Crippen LogP contribution < -0.4 is 0 Å². The molecule has 0 aliphatic carbocycles. The molecule has 1 aromatic heterocycles. The Bertz CT molecular complexity index is 1130. The van der Waals surface area contributed by atoms with Crippen molar-refractivity contribution in [2.75, 3.05) is 13.2 Å². The van der Waals surface area contributed by atoms with E-state index >= 15 is 0 Å². The maximum Gasteiger partial charge on any atom is 0.416 e. The second-order valence-corrected chi connectivity index (χ2v) is 8.81. The Labute approximate surface area is 203 Å². The van der Waals surface area contributed by atoms with Crippen LogP contribution in [0.15, 0.2) is 48.5 Å². The zero-order chi connectivity index (χ0) is 26.1.